The lowest BCUT2D eigenvalue weighted by Crippen LogP contribution is -2.40. The molecule has 9 nitrogen and oxygen atoms in total. The maximum atomic E-state index is 15.0. The minimum absolute atomic E-state index is 0.0222. The van der Waals surface area contributed by atoms with Crippen molar-refractivity contribution in [3.63, 3.8) is 0 Å². The smallest absolute Gasteiger partial charge is 0.289 e. The highest BCUT2D eigenvalue weighted by Crippen LogP contribution is 2.23. The van der Waals surface area contributed by atoms with Crippen LogP contribution >= 0.6 is 0 Å². The molecule has 196 valence electrons. The summed E-state index contributed by atoms with van der Waals surface area (Å²) in [6.07, 6.45) is -3.25. The zero-order chi connectivity index (χ0) is 26.8. The maximum absolute atomic E-state index is 15.0. The van der Waals surface area contributed by atoms with Gasteiger partial charge in [-0.1, -0.05) is 0 Å². The van der Waals surface area contributed by atoms with Crippen LogP contribution in [0.2, 0.25) is 0 Å². The Morgan fingerprint density at radius 2 is 1.83 bits per heavy atom. The van der Waals surface area contributed by atoms with E-state index in [1.165, 1.54) is 7.05 Å². The lowest BCUT2D eigenvalue weighted by Gasteiger charge is -2.16. The third-order valence-electron chi connectivity index (χ3n) is 5.40. The lowest BCUT2D eigenvalue weighted by molar-refractivity contribution is -0.144. The Bertz CT molecular complexity index is 1300. The molecule has 1 aromatic carbocycles. The number of sulfonamides is 1. The number of nitrogens with zero attached hydrogens (tertiary/aromatic N) is 2. The average molecular weight is 536 g/mol. The standard InChI is InChI=1S/C21H21F5N4O5S/c1-29-10-16(18(26)19(29)20(32)27-11-2-3-13(22)14(23)8-11)36(34,35)28-12-6-7-30(9-12)21(33)15(31)4-5-17(24)25/h2-3,8,10,12,17,28H,4-7,9H2,1H3,(H,27,32)/t12-/m1/s1. The third-order valence-corrected chi connectivity index (χ3v) is 6.90. The minimum atomic E-state index is -4.54. The molecule has 1 aliphatic heterocycles. The molecule has 2 N–H and O–H groups in total. The Morgan fingerprint density at radius 1 is 1.14 bits per heavy atom. The van der Waals surface area contributed by atoms with E-state index in [0.29, 0.717) is 6.07 Å². The van der Waals surface area contributed by atoms with Gasteiger partial charge >= 0.3 is 0 Å². The van der Waals surface area contributed by atoms with Crippen molar-refractivity contribution in [2.45, 2.75) is 36.6 Å². The summed E-state index contributed by atoms with van der Waals surface area (Å²) in [5.41, 5.74) is -0.895. The topological polar surface area (TPSA) is 118 Å². The lowest BCUT2D eigenvalue weighted by atomic mass is 10.2. The Balaban J connectivity index is 1.69. The molecule has 0 spiro atoms. The number of ketones is 1. The van der Waals surface area contributed by atoms with E-state index < -0.39 is 81.0 Å². The molecule has 2 aromatic rings. The van der Waals surface area contributed by atoms with Crippen molar-refractivity contribution in [1.82, 2.24) is 14.2 Å². The van der Waals surface area contributed by atoms with Crippen LogP contribution in [0, 0.1) is 17.5 Å². The molecule has 2 amide bonds. The minimum Gasteiger partial charge on any atom is -0.343 e. The first-order chi connectivity index (χ1) is 16.8. The number of aromatic nitrogens is 1. The number of carbonyl (C=O) groups is 3. The van der Waals surface area contributed by atoms with Gasteiger partial charge in [0.05, 0.1) is 0 Å². The van der Waals surface area contributed by atoms with E-state index in [-0.39, 0.29) is 25.2 Å². The van der Waals surface area contributed by atoms with Crippen LogP contribution in [0.1, 0.15) is 29.8 Å². The highest BCUT2D eigenvalue weighted by Gasteiger charge is 2.35. The summed E-state index contributed by atoms with van der Waals surface area (Å²) in [5.74, 6) is -6.99. The van der Waals surface area contributed by atoms with Gasteiger partial charge in [0.2, 0.25) is 22.2 Å². The molecule has 1 aliphatic rings. The van der Waals surface area contributed by atoms with Crippen LogP contribution in [0.4, 0.5) is 27.6 Å². The van der Waals surface area contributed by atoms with Crippen molar-refractivity contribution in [3.05, 3.63) is 47.5 Å². The van der Waals surface area contributed by atoms with E-state index >= 15 is 4.39 Å². The molecule has 2 heterocycles. The number of aryl methyl sites for hydroxylation is 1. The predicted octanol–water partition coefficient (Wildman–Crippen LogP) is 2.19. The van der Waals surface area contributed by atoms with Crippen LogP contribution in [0.15, 0.2) is 29.3 Å². The number of benzene rings is 1. The SMILES string of the molecule is Cn1cc(S(=O)(=O)N[C@@H]2CCN(C(=O)C(=O)CCC(F)F)C2)c(F)c1C(=O)Nc1ccc(F)c(F)c1. The molecule has 0 bridgehead atoms. The Kier molecular flexibility index (Phi) is 8.13. The van der Waals surface area contributed by atoms with Crippen LogP contribution in [0.25, 0.3) is 0 Å². The van der Waals surface area contributed by atoms with E-state index in [1.807, 2.05) is 0 Å². The number of anilines is 1. The first-order valence-corrected chi connectivity index (χ1v) is 12.0. The summed E-state index contributed by atoms with van der Waals surface area (Å²) in [6, 6.07) is 1.54. The van der Waals surface area contributed by atoms with Gasteiger partial charge < -0.3 is 14.8 Å². The average Bonchev–Trinajstić information content (AvgIpc) is 3.37. The molecule has 1 aromatic heterocycles. The van der Waals surface area contributed by atoms with E-state index in [4.69, 9.17) is 0 Å². The first kappa shape index (κ1) is 27.3. The summed E-state index contributed by atoms with van der Waals surface area (Å²) in [4.78, 5) is 36.5. The van der Waals surface area contributed by atoms with Gasteiger partial charge in [-0.2, -0.15) is 0 Å². The zero-order valence-corrected chi connectivity index (χ0v) is 19.5. The van der Waals surface area contributed by atoms with E-state index in [0.717, 1.165) is 27.8 Å². The summed E-state index contributed by atoms with van der Waals surface area (Å²) in [5, 5.41) is 2.15. The highest BCUT2D eigenvalue weighted by molar-refractivity contribution is 7.89. The molecule has 15 heteroatoms. The first-order valence-electron chi connectivity index (χ1n) is 10.5. The van der Waals surface area contributed by atoms with Crippen LogP contribution in [0.5, 0.6) is 0 Å². The van der Waals surface area contributed by atoms with Crippen LogP contribution in [0.3, 0.4) is 0 Å². The fourth-order valence-electron chi connectivity index (χ4n) is 3.63. The van der Waals surface area contributed by atoms with Gasteiger partial charge in [0.15, 0.2) is 17.5 Å². The fraction of sp³-hybridized carbons (Fsp3) is 0.381. The molecule has 0 saturated carbocycles. The molecule has 0 radical (unpaired) electrons. The third kappa shape index (κ3) is 6.07. The number of hydrogen-bond acceptors (Lipinski definition) is 5. The molecule has 1 atom stereocenters. The van der Waals surface area contributed by atoms with Gasteiger partial charge in [0, 0.05) is 57.0 Å². The number of alkyl halides is 2. The van der Waals surface area contributed by atoms with E-state index in [1.54, 1.807) is 0 Å². The number of amides is 2. The fourth-order valence-corrected chi connectivity index (χ4v) is 5.02. The molecular formula is C21H21F5N4O5S. The maximum Gasteiger partial charge on any atom is 0.289 e. The Labute approximate surface area is 202 Å². The van der Waals surface area contributed by atoms with Gasteiger partial charge in [-0.05, 0) is 18.6 Å². The van der Waals surface area contributed by atoms with E-state index in [2.05, 4.69) is 10.0 Å². The molecule has 0 unspecified atom stereocenters. The molecule has 3 rings (SSSR count). The number of Topliss-reactive ketones (excluding diaryl/α,β-unsaturated/α-hetero) is 1. The number of halogens is 5. The van der Waals surface area contributed by atoms with Gasteiger partial charge in [0.1, 0.15) is 10.6 Å². The van der Waals surface area contributed by atoms with Gasteiger partial charge in [-0.3, -0.25) is 14.4 Å². The van der Waals surface area contributed by atoms with Crippen molar-refractivity contribution in [3.8, 4) is 0 Å². The van der Waals surface area contributed by atoms with Crippen LogP contribution < -0.4 is 10.0 Å². The predicted molar refractivity (Wildman–Crippen MR) is 115 cm³/mol. The monoisotopic (exact) mass is 536 g/mol. The molecule has 1 saturated heterocycles. The van der Waals surface area contributed by atoms with Gasteiger partial charge in [-0.15, -0.1) is 0 Å². The second-order valence-electron chi connectivity index (χ2n) is 8.06. The largest absolute Gasteiger partial charge is 0.343 e. The quantitative estimate of drug-likeness (QED) is 0.377. The second-order valence-corrected chi connectivity index (χ2v) is 9.74. The van der Waals surface area contributed by atoms with E-state index in [9.17, 15) is 40.4 Å². The summed E-state index contributed by atoms with van der Waals surface area (Å²) in [7, 11) is -3.35. The van der Waals surface area contributed by atoms with Gasteiger partial charge in [-0.25, -0.2) is 35.1 Å². The molecule has 0 aliphatic carbocycles. The van der Waals surface area contributed by atoms with Gasteiger partial charge in [0.25, 0.3) is 11.8 Å². The van der Waals surface area contributed by atoms with Crippen LogP contribution in [-0.2, 0) is 26.7 Å². The summed E-state index contributed by atoms with van der Waals surface area (Å²) >= 11 is 0. The highest BCUT2D eigenvalue weighted by atomic mass is 32.2. The summed E-state index contributed by atoms with van der Waals surface area (Å²) in [6.45, 7) is -0.262. The van der Waals surface area contributed by atoms with Crippen molar-refractivity contribution < 1.29 is 44.8 Å². The molecule has 1 fully saturated rings. The van der Waals surface area contributed by atoms with Crippen molar-refractivity contribution in [1.29, 1.82) is 0 Å². The number of rotatable bonds is 9. The number of carbonyl (C=O) groups excluding carboxylic acids is 3. The number of likely N-dealkylation sites (tertiary alicyclic amines) is 1. The second kappa shape index (κ2) is 10.7. The number of nitrogens with one attached hydrogen (secondary N) is 2. The van der Waals surface area contributed by atoms with Crippen molar-refractivity contribution in [2.75, 3.05) is 18.4 Å². The van der Waals surface area contributed by atoms with Crippen molar-refractivity contribution >= 4 is 33.3 Å². The zero-order valence-electron chi connectivity index (χ0n) is 18.7. The Morgan fingerprint density at radius 3 is 2.47 bits per heavy atom. The number of hydrogen-bond donors (Lipinski definition) is 2. The van der Waals surface area contributed by atoms with Crippen molar-refractivity contribution in [2.24, 2.45) is 7.05 Å². The summed E-state index contributed by atoms with van der Waals surface area (Å²) < 4.78 is 94.6. The Hall–Kier alpha value is -3.33. The normalized spacial score (nSPS) is 16.0. The molecule has 36 heavy (non-hydrogen) atoms. The molecular weight excluding hydrogens is 515 g/mol. The van der Waals surface area contributed by atoms with Crippen LogP contribution in [-0.4, -0.2) is 61.0 Å².